The van der Waals surface area contributed by atoms with Gasteiger partial charge in [-0.25, -0.2) is 4.99 Å². The molecule has 4 heteroatoms. The zero-order chi connectivity index (χ0) is 16.4. The Morgan fingerprint density at radius 1 is 1.35 bits per heavy atom. The van der Waals surface area contributed by atoms with Crippen molar-refractivity contribution in [3.63, 3.8) is 0 Å². The fourth-order valence-electron chi connectivity index (χ4n) is 2.63. The molecule has 0 saturated heterocycles. The Labute approximate surface area is 135 Å². The molecule has 0 fully saturated rings. The van der Waals surface area contributed by atoms with Crippen molar-refractivity contribution in [2.24, 2.45) is 4.99 Å². The highest BCUT2D eigenvalue weighted by atomic mass is 16.4. The summed E-state index contributed by atoms with van der Waals surface area (Å²) in [6.07, 6.45) is 5.64. The van der Waals surface area contributed by atoms with E-state index in [1.165, 1.54) is 0 Å². The Bertz CT molecular complexity index is 951. The highest BCUT2D eigenvalue weighted by molar-refractivity contribution is 6.00. The topological polar surface area (TPSA) is 54.2 Å². The van der Waals surface area contributed by atoms with Crippen LogP contribution in [0.5, 0.6) is 0 Å². The van der Waals surface area contributed by atoms with Crippen molar-refractivity contribution in [3.8, 4) is 6.07 Å². The minimum atomic E-state index is 0.364. The maximum absolute atomic E-state index is 9.26. The largest absolute Gasteiger partial charge is 0.442 e. The summed E-state index contributed by atoms with van der Waals surface area (Å²) < 4.78 is 7.70. The number of furan rings is 1. The monoisotopic (exact) mass is 303 g/mol. The summed E-state index contributed by atoms with van der Waals surface area (Å²) in [5, 5.41) is 10.4. The number of nitriles is 1. The Hall–Kier alpha value is -3.06. The van der Waals surface area contributed by atoms with Gasteiger partial charge in [0.05, 0.1) is 0 Å². The standard InChI is InChI=1S/C19H17N3O/c1-4-9-22-12-15(16-7-5-6-8-18(16)22)11-21-19-17(10-20)13(2)14(3)23-19/h4-8,11-12H,1,9H2,2-3H3/b21-11+. The first-order valence-electron chi connectivity index (χ1n) is 7.38. The van der Waals surface area contributed by atoms with E-state index in [0.717, 1.165) is 34.3 Å². The van der Waals surface area contributed by atoms with Gasteiger partial charge in [0, 0.05) is 41.0 Å². The third kappa shape index (κ3) is 2.58. The van der Waals surface area contributed by atoms with Crippen LogP contribution in [0, 0.1) is 25.2 Å². The lowest BCUT2D eigenvalue weighted by Crippen LogP contribution is -1.91. The van der Waals surface area contributed by atoms with Gasteiger partial charge in [-0.2, -0.15) is 5.26 Å². The van der Waals surface area contributed by atoms with Gasteiger partial charge in [-0.3, -0.25) is 0 Å². The molecule has 0 saturated carbocycles. The highest BCUT2D eigenvalue weighted by Gasteiger charge is 2.13. The van der Waals surface area contributed by atoms with Gasteiger partial charge in [-0.15, -0.1) is 6.58 Å². The molecule has 3 aromatic rings. The average Bonchev–Trinajstić information content (AvgIpc) is 3.04. The Balaban J connectivity index is 2.07. The summed E-state index contributed by atoms with van der Waals surface area (Å²) in [5.41, 5.74) is 3.45. The van der Waals surface area contributed by atoms with Gasteiger partial charge in [0.2, 0.25) is 5.88 Å². The second-order valence-corrected chi connectivity index (χ2v) is 5.38. The predicted molar refractivity (Wildman–Crippen MR) is 92.3 cm³/mol. The van der Waals surface area contributed by atoms with Crippen molar-refractivity contribution in [1.82, 2.24) is 4.57 Å². The number of hydrogen-bond acceptors (Lipinski definition) is 3. The summed E-state index contributed by atoms with van der Waals surface area (Å²) in [6.45, 7) is 8.23. The lowest BCUT2D eigenvalue weighted by molar-refractivity contribution is 0.542. The summed E-state index contributed by atoms with van der Waals surface area (Å²) in [5.74, 6) is 1.09. The molecule has 4 nitrogen and oxygen atoms in total. The smallest absolute Gasteiger partial charge is 0.237 e. The lowest BCUT2D eigenvalue weighted by atomic mass is 10.2. The van der Waals surface area contributed by atoms with Crippen molar-refractivity contribution in [2.45, 2.75) is 20.4 Å². The molecule has 0 aliphatic carbocycles. The third-order valence-electron chi connectivity index (χ3n) is 3.94. The van der Waals surface area contributed by atoms with Gasteiger partial charge in [0.15, 0.2) is 0 Å². The van der Waals surface area contributed by atoms with Gasteiger partial charge in [-0.1, -0.05) is 24.3 Å². The number of rotatable bonds is 4. The van der Waals surface area contributed by atoms with Crippen molar-refractivity contribution >= 4 is 23.0 Å². The first kappa shape index (κ1) is 14.9. The Kier molecular flexibility index (Phi) is 3.86. The van der Waals surface area contributed by atoms with E-state index < -0.39 is 0 Å². The van der Waals surface area contributed by atoms with Crippen LogP contribution in [0.2, 0.25) is 0 Å². The molecule has 0 spiro atoms. The quantitative estimate of drug-likeness (QED) is 0.520. The van der Waals surface area contributed by atoms with E-state index in [-0.39, 0.29) is 0 Å². The maximum atomic E-state index is 9.26. The normalized spacial score (nSPS) is 11.2. The van der Waals surface area contributed by atoms with E-state index in [1.54, 1.807) is 6.21 Å². The number of fused-ring (bicyclic) bond motifs is 1. The van der Waals surface area contributed by atoms with E-state index >= 15 is 0 Å². The number of aromatic nitrogens is 1. The summed E-state index contributed by atoms with van der Waals surface area (Å²) in [6, 6.07) is 10.3. The molecule has 2 heterocycles. The van der Waals surface area contributed by atoms with Crippen molar-refractivity contribution in [1.29, 1.82) is 5.26 Å². The number of benzene rings is 1. The van der Waals surface area contributed by atoms with Crippen LogP contribution in [0.3, 0.4) is 0 Å². The number of aliphatic imine (C=N–C) groups is 1. The minimum Gasteiger partial charge on any atom is -0.442 e. The number of allylic oxidation sites excluding steroid dienone is 1. The van der Waals surface area contributed by atoms with Crippen molar-refractivity contribution in [3.05, 3.63) is 65.6 Å². The average molecular weight is 303 g/mol. The number of aryl methyl sites for hydroxylation is 1. The molecule has 0 unspecified atom stereocenters. The van der Waals surface area contributed by atoms with Crippen LogP contribution in [0.4, 0.5) is 5.88 Å². The molecule has 0 radical (unpaired) electrons. The maximum Gasteiger partial charge on any atom is 0.237 e. The molecule has 2 aromatic heterocycles. The Morgan fingerprint density at radius 3 is 2.87 bits per heavy atom. The highest BCUT2D eigenvalue weighted by Crippen LogP contribution is 2.28. The summed E-state index contributed by atoms with van der Waals surface area (Å²) in [4.78, 5) is 4.40. The van der Waals surface area contributed by atoms with Crippen LogP contribution in [-0.4, -0.2) is 10.8 Å². The molecule has 114 valence electrons. The van der Waals surface area contributed by atoms with E-state index in [0.29, 0.717) is 11.4 Å². The van der Waals surface area contributed by atoms with Crippen LogP contribution in [0.15, 0.2) is 52.5 Å². The van der Waals surface area contributed by atoms with Gasteiger partial charge in [0.1, 0.15) is 17.4 Å². The zero-order valence-electron chi connectivity index (χ0n) is 13.2. The van der Waals surface area contributed by atoms with Crippen molar-refractivity contribution in [2.75, 3.05) is 0 Å². The summed E-state index contributed by atoms with van der Waals surface area (Å²) in [7, 11) is 0. The molecule has 0 bridgehead atoms. The molecule has 0 atom stereocenters. The van der Waals surface area contributed by atoms with Crippen LogP contribution in [-0.2, 0) is 6.54 Å². The van der Waals surface area contributed by atoms with Gasteiger partial charge in [-0.05, 0) is 19.9 Å². The molecule has 0 amide bonds. The second kappa shape index (κ2) is 5.98. The zero-order valence-corrected chi connectivity index (χ0v) is 13.2. The molecule has 0 N–H and O–H groups in total. The number of hydrogen-bond donors (Lipinski definition) is 0. The van der Waals surface area contributed by atoms with Crippen LogP contribution >= 0.6 is 0 Å². The lowest BCUT2D eigenvalue weighted by Gasteiger charge is -1.98. The fraction of sp³-hybridized carbons (Fsp3) is 0.158. The van der Waals surface area contributed by atoms with E-state index in [2.05, 4.69) is 34.3 Å². The Morgan fingerprint density at radius 2 is 2.13 bits per heavy atom. The van der Waals surface area contributed by atoms with E-state index in [1.807, 2.05) is 38.3 Å². The molecular formula is C19H17N3O. The van der Waals surface area contributed by atoms with Gasteiger partial charge >= 0.3 is 0 Å². The van der Waals surface area contributed by atoms with Crippen molar-refractivity contribution < 1.29 is 4.42 Å². The minimum absolute atomic E-state index is 0.364. The van der Waals surface area contributed by atoms with E-state index in [4.69, 9.17) is 4.42 Å². The van der Waals surface area contributed by atoms with E-state index in [9.17, 15) is 5.26 Å². The predicted octanol–water partition coefficient (Wildman–Crippen LogP) is 4.66. The third-order valence-corrected chi connectivity index (χ3v) is 3.94. The second-order valence-electron chi connectivity index (χ2n) is 5.38. The first-order valence-corrected chi connectivity index (χ1v) is 7.38. The molecule has 3 rings (SSSR count). The van der Waals surface area contributed by atoms with Crippen LogP contribution in [0.25, 0.3) is 10.9 Å². The fourth-order valence-corrected chi connectivity index (χ4v) is 2.63. The molecule has 23 heavy (non-hydrogen) atoms. The SMILES string of the molecule is C=CCn1cc(/C=N/c2oc(C)c(C)c2C#N)c2ccccc21. The van der Waals surface area contributed by atoms with Gasteiger partial charge in [0.25, 0.3) is 0 Å². The first-order chi connectivity index (χ1) is 11.2. The van der Waals surface area contributed by atoms with Gasteiger partial charge < -0.3 is 8.98 Å². The molecule has 0 aliphatic rings. The summed E-state index contributed by atoms with van der Waals surface area (Å²) >= 11 is 0. The molecular weight excluding hydrogens is 286 g/mol. The number of para-hydroxylation sites is 1. The van der Waals surface area contributed by atoms with Crippen LogP contribution < -0.4 is 0 Å². The van der Waals surface area contributed by atoms with Crippen LogP contribution in [0.1, 0.15) is 22.5 Å². The number of nitrogens with zero attached hydrogens (tertiary/aromatic N) is 3. The molecule has 0 aliphatic heterocycles. The molecule has 1 aromatic carbocycles.